The van der Waals surface area contributed by atoms with E-state index in [1.54, 1.807) is 0 Å². The van der Waals surface area contributed by atoms with Crippen molar-refractivity contribution in [3.05, 3.63) is 24.2 Å². The molecule has 0 aliphatic carbocycles. The molecule has 106 valence electrons. The number of rotatable bonds is 3. The highest BCUT2D eigenvalue weighted by molar-refractivity contribution is 7.99. The third-order valence-electron chi connectivity index (χ3n) is 4.22. The number of pyridine rings is 1. The van der Waals surface area contributed by atoms with Crippen LogP contribution in [0.4, 0.5) is 0 Å². The van der Waals surface area contributed by atoms with Gasteiger partial charge in [0.25, 0.3) is 0 Å². The normalized spacial score (nSPS) is 26.6. The molecule has 0 spiro atoms. The third kappa shape index (κ3) is 2.35. The lowest BCUT2D eigenvalue weighted by atomic mass is 10.1. The summed E-state index contributed by atoms with van der Waals surface area (Å²) in [7, 11) is 0. The fraction of sp³-hybridized carbons (Fsp3) is 0.600. The number of hydrogen-bond donors (Lipinski definition) is 0. The van der Waals surface area contributed by atoms with Gasteiger partial charge >= 0.3 is 0 Å². The number of thioether (sulfide) groups is 2. The molecule has 4 rings (SSSR count). The third-order valence-corrected chi connectivity index (χ3v) is 6.82. The van der Waals surface area contributed by atoms with Crippen molar-refractivity contribution in [3.63, 3.8) is 0 Å². The highest BCUT2D eigenvalue weighted by Crippen LogP contribution is 2.40. The van der Waals surface area contributed by atoms with Crippen molar-refractivity contribution in [2.24, 2.45) is 5.92 Å². The van der Waals surface area contributed by atoms with Gasteiger partial charge in [0.2, 0.25) is 0 Å². The molecule has 20 heavy (non-hydrogen) atoms. The van der Waals surface area contributed by atoms with Crippen LogP contribution in [0.25, 0.3) is 11.2 Å². The van der Waals surface area contributed by atoms with Crippen LogP contribution in [0.3, 0.4) is 0 Å². The first-order chi connectivity index (χ1) is 9.92. The molecule has 2 fully saturated rings. The maximum Gasteiger partial charge on any atom is 0.160 e. The zero-order valence-corrected chi connectivity index (χ0v) is 13.1. The lowest BCUT2D eigenvalue weighted by molar-refractivity contribution is 0.484. The van der Waals surface area contributed by atoms with Crippen LogP contribution in [-0.4, -0.2) is 31.8 Å². The minimum Gasteiger partial charge on any atom is -0.311 e. The molecule has 0 N–H and O–H groups in total. The number of nitrogens with zero attached hydrogens (tertiary/aromatic N) is 3. The van der Waals surface area contributed by atoms with E-state index < -0.39 is 0 Å². The molecule has 2 atom stereocenters. The molecule has 0 aromatic carbocycles. The van der Waals surface area contributed by atoms with Crippen molar-refractivity contribution < 1.29 is 0 Å². The van der Waals surface area contributed by atoms with Crippen LogP contribution in [0, 0.1) is 5.92 Å². The Morgan fingerprint density at radius 3 is 3.10 bits per heavy atom. The average molecular weight is 305 g/mol. The van der Waals surface area contributed by atoms with Crippen molar-refractivity contribution in [1.82, 2.24) is 14.5 Å². The van der Waals surface area contributed by atoms with Gasteiger partial charge in [0, 0.05) is 12.7 Å². The van der Waals surface area contributed by atoms with E-state index in [1.165, 1.54) is 42.3 Å². The van der Waals surface area contributed by atoms with Gasteiger partial charge < -0.3 is 4.57 Å². The minimum absolute atomic E-state index is 0.582. The highest BCUT2D eigenvalue weighted by atomic mass is 32.2. The van der Waals surface area contributed by atoms with Gasteiger partial charge in [-0.2, -0.15) is 23.5 Å². The summed E-state index contributed by atoms with van der Waals surface area (Å²) in [6.07, 6.45) is 5.84. The molecule has 0 bridgehead atoms. The van der Waals surface area contributed by atoms with Gasteiger partial charge in [-0.1, -0.05) is 0 Å². The Morgan fingerprint density at radius 1 is 1.30 bits per heavy atom. The lowest BCUT2D eigenvalue weighted by Crippen LogP contribution is -2.14. The van der Waals surface area contributed by atoms with Crippen LogP contribution in [0.2, 0.25) is 0 Å². The summed E-state index contributed by atoms with van der Waals surface area (Å²) < 4.78 is 2.43. The van der Waals surface area contributed by atoms with Crippen LogP contribution in [0.1, 0.15) is 30.3 Å². The largest absolute Gasteiger partial charge is 0.311 e. The Kier molecular flexibility index (Phi) is 3.65. The summed E-state index contributed by atoms with van der Waals surface area (Å²) in [6.45, 7) is 1.10. The maximum atomic E-state index is 4.91. The molecule has 2 aliphatic heterocycles. The molecular weight excluding hydrogens is 286 g/mol. The predicted octanol–water partition coefficient (Wildman–Crippen LogP) is 3.75. The van der Waals surface area contributed by atoms with Gasteiger partial charge in [-0.25, -0.2) is 9.97 Å². The van der Waals surface area contributed by atoms with Crippen LogP contribution < -0.4 is 0 Å². The molecule has 0 radical (unpaired) electrons. The Balaban J connectivity index is 1.75. The first-order valence-corrected chi connectivity index (χ1v) is 9.62. The zero-order chi connectivity index (χ0) is 13.4. The van der Waals surface area contributed by atoms with Crippen molar-refractivity contribution in [1.29, 1.82) is 0 Å². The van der Waals surface area contributed by atoms with Gasteiger partial charge in [-0.15, -0.1) is 0 Å². The van der Waals surface area contributed by atoms with E-state index in [1.807, 2.05) is 12.3 Å². The average Bonchev–Trinajstić information content (AvgIpc) is 3.19. The van der Waals surface area contributed by atoms with Crippen molar-refractivity contribution >= 4 is 34.7 Å². The Morgan fingerprint density at radius 2 is 2.30 bits per heavy atom. The summed E-state index contributed by atoms with van der Waals surface area (Å²) in [4.78, 5) is 9.51. The number of imidazole rings is 1. The predicted molar refractivity (Wildman–Crippen MR) is 87.4 cm³/mol. The van der Waals surface area contributed by atoms with Crippen molar-refractivity contribution in [2.45, 2.75) is 31.1 Å². The Labute approximate surface area is 127 Å². The van der Waals surface area contributed by atoms with Crippen LogP contribution in [0.5, 0.6) is 0 Å². The standard InChI is InChI=1S/C15H19N3S2/c1-3-12-14(16-6-1)18(9-11-5-8-19-10-11)15(17-12)13-4-2-7-20-13/h1,3,6,11,13H,2,4-5,7-10H2. The molecule has 0 amide bonds. The molecule has 2 aromatic heterocycles. The van der Waals surface area contributed by atoms with Gasteiger partial charge in [-0.05, 0) is 54.6 Å². The monoisotopic (exact) mass is 305 g/mol. The molecule has 5 heteroatoms. The lowest BCUT2D eigenvalue weighted by Gasteiger charge is -2.16. The van der Waals surface area contributed by atoms with E-state index >= 15 is 0 Å². The zero-order valence-electron chi connectivity index (χ0n) is 11.5. The van der Waals surface area contributed by atoms with E-state index in [4.69, 9.17) is 4.98 Å². The second-order valence-electron chi connectivity index (χ2n) is 5.66. The molecular formula is C15H19N3S2. The number of fused-ring (bicyclic) bond motifs is 1. The molecule has 2 unspecified atom stereocenters. The van der Waals surface area contributed by atoms with Crippen LogP contribution >= 0.6 is 23.5 Å². The number of aromatic nitrogens is 3. The first kappa shape index (κ1) is 13.0. The molecule has 3 nitrogen and oxygen atoms in total. The molecule has 0 saturated carbocycles. The van der Waals surface area contributed by atoms with Gasteiger partial charge in [0.05, 0.1) is 5.25 Å². The molecule has 2 aromatic rings. The molecule has 4 heterocycles. The quantitative estimate of drug-likeness (QED) is 0.864. The topological polar surface area (TPSA) is 30.7 Å². The van der Waals surface area contributed by atoms with Gasteiger partial charge in [-0.3, -0.25) is 0 Å². The summed E-state index contributed by atoms with van der Waals surface area (Å²) in [6, 6.07) is 4.10. The van der Waals surface area contributed by atoms with E-state index in [0.717, 1.165) is 23.6 Å². The molecule has 2 aliphatic rings. The molecule has 2 saturated heterocycles. The number of hydrogen-bond acceptors (Lipinski definition) is 4. The minimum atomic E-state index is 0.582. The van der Waals surface area contributed by atoms with Gasteiger partial charge in [0.1, 0.15) is 11.3 Å². The van der Waals surface area contributed by atoms with E-state index in [0.29, 0.717) is 5.25 Å². The maximum absolute atomic E-state index is 4.91. The second kappa shape index (κ2) is 5.60. The fourth-order valence-corrected chi connectivity index (χ4v) is 5.72. The Bertz CT molecular complexity index is 598. The van der Waals surface area contributed by atoms with Crippen molar-refractivity contribution in [3.8, 4) is 0 Å². The summed E-state index contributed by atoms with van der Waals surface area (Å²) in [5.74, 6) is 5.96. The summed E-state index contributed by atoms with van der Waals surface area (Å²) in [5.41, 5.74) is 2.16. The van der Waals surface area contributed by atoms with E-state index in [-0.39, 0.29) is 0 Å². The first-order valence-electron chi connectivity index (χ1n) is 7.42. The summed E-state index contributed by atoms with van der Waals surface area (Å²) >= 11 is 4.15. The highest BCUT2D eigenvalue weighted by Gasteiger charge is 2.26. The van der Waals surface area contributed by atoms with E-state index in [2.05, 4.69) is 39.1 Å². The fourth-order valence-electron chi connectivity index (χ4n) is 3.17. The van der Waals surface area contributed by atoms with E-state index in [9.17, 15) is 0 Å². The Hall–Kier alpha value is -0.680. The second-order valence-corrected chi connectivity index (χ2v) is 8.12. The van der Waals surface area contributed by atoms with Gasteiger partial charge in [0.15, 0.2) is 5.65 Å². The van der Waals surface area contributed by atoms with Crippen LogP contribution in [0.15, 0.2) is 18.3 Å². The SMILES string of the molecule is c1cnc2c(c1)nc(C1CCCS1)n2CC1CCSC1. The van der Waals surface area contributed by atoms with Crippen molar-refractivity contribution in [2.75, 3.05) is 17.3 Å². The van der Waals surface area contributed by atoms with Crippen LogP contribution in [-0.2, 0) is 6.54 Å². The summed E-state index contributed by atoms with van der Waals surface area (Å²) in [5, 5.41) is 0.582. The smallest absolute Gasteiger partial charge is 0.160 e.